The van der Waals surface area contributed by atoms with E-state index in [0.717, 1.165) is 5.56 Å². The van der Waals surface area contributed by atoms with Gasteiger partial charge in [-0.25, -0.2) is 4.79 Å². The van der Waals surface area contributed by atoms with Crippen molar-refractivity contribution in [2.45, 2.75) is 13.3 Å². The Hall–Kier alpha value is -2.75. The van der Waals surface area contributed by atoms with Crippen LogP contribution in [0.3, 0.4) is 0 Å². The number of carbonyl (C=O) groups excluding carboxylic acids is 1. The van der Waals surface area contributed by atoms with Crippen LogP contribution in [0.1, 0.15) is 18.1 Å². The van der Waals surface area contributed by atoms with E-state index in [0.29, 0.717) is 29.9 Å². The first-order valence-electron chi connectivity index (χ1n) is 7.04. The molecule has 0 bridgehead atoms. The highest BCUT2D eigenvalue weighted by Crippen LogP contribution is 2.26. The number of carbonyl (C=O) groups is 1. The molecule has 2 rings (SSSR count). The molecule has 0 radical (unpaired) electrons. The molecule has 0 heterocycles. The Kier molecular flexibility index (Phi) is 5.20. The largest absolute Gasteiger partial charge is 0.507 e. The van der Waals surface area contributed by atoms with Crippen molar-refractivity contribution in [3.63, 3.8) is 0 Å². The zero-order valence-corrected chi connectivity index (χ0v) is 12.5. The van der Waals surface area contributed by atoms with Gasteiger partial charge in [-0.05, 0) is 30.2 Å². The molecule has 0 saturated heterocycles. The zero-order valence-electron chi connectivity index (χ0n) is 12.5. The number of hydrogen-bond acceptors (Lipinski definition) is 4. The Labute approximate surface area is 129 Å². The normalized spacial score (nSPS) is 11.2. The molecule has 3 N–H and O–H groups in total. The predicted molar refractivity (Wildman–Crippen MR) is 87.3 cm³/mol. The van der Waals surface area contributed by atoms with Gasteiger partial charge in [0, 0.05) is 29.8 Å². The number of ether oxygens (including phenoxy) is 1. The third kappa shape index (κ3) is 4.38. The van der Waals surface area contributed by atoms with E-state index in [-0.39, 0.29) is 5.75 Å². The van der Waals surface area contributed by atoms with Crippen LogP contribution in [-0.4, -0.2) is 17.7 Å². The van der Waals surface area contributed by atoms with E-state index in [1.807, 2.05) is 30.3 Å². The van der Waals surface area contributed by atoms with Crippen molar-refractivity contribution >= 4 is 17.2 Å². The summed E-state index contributed by atoms with van der Waals surface area (Å²) in [4.78, 5) is 11.8. The van der Waals surface area contributed by atoms with Gasteiger partial charge < -0.3 is 15.6 Å². The molecule has 0 spiro atoms. The van der Waals surface area contributed by atoms with Gasteiger partial charge in [-0.2, -0.15) is 0 Å². The monoisotopic (exact) mass is 297 g/mol. The second kappa shape index (κ2) is 7.31. The van der Waals surface area contributed by atoms with Gasteiger partial charge in [-0.3, -0.25) is 0 Å². The van der Waals surface area contributed by atoms with Crippen LogP contribution in [0.15, 0.2) is 54.6 Å². The Bertz CT molecular complexity index is 678. The van der Waals surface area contributed by atoms with Gasteiger partial charge in [0.25, 0.3) is 0 Å². The van der Waals surface area contributed by atoms with Gasteiger partial charge in [0.15, 0.2) is 0 Å². The molecule has 0 unspecified atom stereocenters. The van der Waals surface area contributed by atoms with E-state index >= 15 is 0 Å². The SMILES string of the molecule is C/C(=C\C(=O)OCCc1ccccc1)c1ccc(N)cc1O. The fourth-order valence-corrected chi connectivity index (χ4v) is 2.09. The molecule has 4 heteroatoms. The van der Waals surface area contributed by atoms with Crippen molar-refractivity contribution in [3.8, 4) is 5.75 Å². The van der Waals surface area contributed by atoms with Gasteiger partial charge >= 0.3 is 5.97 Å². The summed E-state index contributed by atoms with van der Waals surface area (Å²) in [6, 6.07) is 14.6. The van der Waals surface area contributed by atoms with Crippen molar-refractivity contribution in [2.75, 3.05) is 12.3 Å². The van der Waals surface area contributed by atoms with Gasteiger partial charge in [0.05, 0.1) is 6.61 Å². The number of nitrogens with two attached hydrogens (primary N) is 1. The van der Waals surface area contributed by atoms with Gasteiger partial charge in [0.1, 0.15) is 5.75 Å². The molecular weight excluding hydrogens is 278 g/mol. The second-order valence-electron chi connectivity index (χ2n) is 5.01. The Morgan fingerprint density at radius 1 is 1.23 bits per heavy atom. The first-order valence-corrected chi connectivity index (χ1v) is 7.04. The predicted octanol–water partition coefficient (Wildman–Crippen LogP) is 3.16. The van der Waals surface area contributed by atoms with Crippen LogP contribution in [0.5, 0.6) is 5.75 Å². The van der Waals surface area contributed by atoms with Crippen molar-refractivity contribution in [1.82, 2.24) is 0 Å². The summed E-state index contributed by atoms with van der Waals surface area (Å²) in [5.74, 6) is -0.379. The number of rotatable bonds is 5. The van der Waals surface area contributed by atoms with Crippen LogP contribution in [0, 0.1) is 0 Å². The van der Waals surface area contributed by atoms with Gasteiger partial charge in [0.2, 0.25) is 0 Å². The average Bonchev–Trinajstić information content (AvgIpc) is 2.48. The molecule has 2 aromatic rings. The fourth-order valence-electron chi connectivity index (χ4n) is 2.09. The van der Waals surface area contributed by atoms with Crippen LogP contribution in [0.4, 0.5) is 5.69 Å². The number of aromatic hydroxyl groups is 1. The summed E-state index contributed by atoms with van der Waals surface area (Å²) < 4.78 is 5.18. The number of phenols is 1. The molecule has 0 aromatic heterocycles. The van der Waals surface area contributed by atoms with Crippen LogP contribution in [-0.2, 0) is 16.0 Å². The van der Waals surface area contributed by atoms with Gasteiger partial charge in [-0.1, -0.05) is 30.3 Å². The number of benzene rings is 2. The highest BCUT2D eigenvalue weighted by Gasteiger charge is 2.06. The quantitative estimate of drug-likeness (QED) is 0.505. The third-order valence-electron chi connectivity index (χ3n) is 3.26. The molecular formula is C18H19NO3. The van der Waals surface area contributed by atoms with E-state index in [2.05, 4.69) is 0 Å². The first-order chi connectivity index (χ1) is 10.6. The maximum atomic E-state index is 11.8. The Balaban J connectivity index is 1.92. The molecule has 0 atom stereocenters. The summed E-state index contributed by atoms with van der Waals surface area (Å²) in [6.07, 6.45) is 2.04. The number of nitrogen functional groups attached to an aromatic ring is 1. The van der Waals surface area contributed by atoms with Crippen LogP contribution < -0.4 is 5.73 Å². The summed E-state index contributed by atoms with van der Waals surface area (Å²) in [7, 11) is 0. The molecule has 0 saturated carbocycles. The number of esters is 1. The highest BCUT2D eigenvalue weighted by atomic mass is 16.5. The maximum Gasteiger partial charge on any atom is 0.331 e. The number of anilines is 1. The smallest absolute Gasteiger partial charge is 0.331 e. The Morgan fingerprint density at radius 3 is 2.64 bits per heavy atom. The molecule has 22 heavy (non-hydrogen) atoms. The van der Waals surface area contributed by atoms with Crippen molar-refractivity contribution in [3.05, 3.63) is 65.7 Å². The molecule has 2 aromatic carbocycles. The first kappa shape index (κ1) is 15.6. The minimum atomic E-state index is -0.426. The van der Waals surface area contributed by atoms with Gasteiger partial charge in [-0.15, -0.1) is 0 Å². The summed E-state index contributed by atoms with van der Waals surface area (Å²) in [5.41, 5.74) is 8.36. The molecule has 0 fully saturated rings. The number of hydrogen-bond donors (Lipinski definition) is 2. The minimum absolute atomic E-state index is 0.0471. The average molecular weight is 297 g/mol. The van der Waals surface area contributed by atoms with E-state index in [9.17, 15) is 9.90 Å². The minimum Gasteiger partial charge on any atom is -0.507 e. The molecule has 0 amide bonds. The standard InChI is InChI=1S/C18H19NO3/c1-13(16-8-7-15(19)12-17(16)20)11-18(21)22-10-9-14-5-3-2-4-6-14/h2-8,11-12,20H,9-10,19H2,1H3/b13-11+. The molecule has 114 valence electrons. The van der Waals surface area contributed by atoms with Crippen LogP contribution in [0.25, 0.3) is 5.57 Å². The number of allylic oxidation sites excluding steroid dienone is 1. The van der Waals surface area contributed by atoms with E-state index < -0.39 is 5.97 Å². The van der Waals surface area contributed by atoms with Crippen molar-refractivity contribution in [1.29, 1.82) is 0 Å². The zero-order chi connectivity index (χ0) is 15.9. The molecule has 0 aliphatic carbocycles. The van der Waals surface area contributed by atoms with Crippen LogP contribution >= 0.6 is 0 Å². The lowest BCUT2D eigenvalue weighted by atomic mass is 10.1. The summed E-state index contributed by atoms with van der Waals surface area (Å²) in [5, 5.41) is 9.83. The second-order valence-corrected chi connectivity index (χ2v) is 5.01. The van der Waals surface area contributed by atoms with Crippen LogP contribution in [0.2, 0.25) is 0 Å². The summed E-state index contributed by atoms with van der Waals surface area (Å²) in [6.45, 7) is 2.06. The lowest BCUT2D eigenvalue weighted by molar-refractivity contribution is -0.137. The van der Waals surface area contributed by atoms with Crippen molar-refractivity contribution < 1.29 is 14.6 Å². The molecule has 0 aliphatic rings. The topological polar surface area (TPSA) is 72.5 Å². The number of phenolic OH excluding ortho intramolecular Hbond substituents is 1. The fraction of sp³-hybridized carbons (Fsp3) is 0.167. The molecule has 4 nitrogen and oxygen atoms in total. The maximum absolute atomic E-state index is 11.8. The lowest BCUT2D eigenvalue weighted by Gasteiger charge is -2.06. The Morgan fingerprint density at radius 2 is 1.95 bits per heavy atom. The van der Waals surface area contributed by atoms with Crippen molar-refractivity contribution in [2.24, 2.45) is 0 Å². The van der Waals surface area contributed by atoms with E-state index in [1.165, 1.54) is 12.1 Å². The van der Waals surface area contributed by atoms with E-state index in [4.69, 9.17) is 10.5 Å². The third-order valence-corrected chi connectivity index (χ3v) is 3.26. The highest BCUT2D eigenvalue weighted by molar-refractivity contribution is 5.91. The summed E-state index contributed by atoms with van der Waals surface area (Å²) >= 11 is 0. The van der Waals surface area contributed by atoms with E-state index in [1.54, 1.807) is 19.1 Å². The molecule has 0 aliphatic heterocycles. The lowest BCUT2D eigenvalue weighted by Crippen LogP contribution is -2.05.